The zero-order valence-corrected chi connectivity index (χ0v) is 15.4. The van der Waals surface area contributed by atoms with Gasteiger partial charge in [-0.3, -0.25) is 14.9 Å². The Kier molecular flexibility index (Phi) is 5.10. The zero-order chi connectivity index (χ0) is 18.6. The average molecular weight is 357 g/mol. The maximum Gasteiger partial charge on any atom is 0.0705 e. The topological polar surface area (TPSA) is 49.2 Å². The molecule has 0 bridgehead atoms. The van der Waals surface area contributed by atoms with Gasteiger partial charge in [-0.15, -0.1) is 0 Å². The van der Waals surface area contributed by atoms with Gasteiger partial charge in [0.05, 0.1) is 29.0 Å². The van der Waals surface area contributed by atoms with Gasteiger partial charge in [-0.05, 0) is 31.2 Å². The predicted octanol–water partition coefficient (Wildman–Crippen LogP) is 4.17. The van der Waals surface area contributed by atoms with E-state index in [0.29, 0.717) is 13.1 Å². The Hall–Kier alpha value is -2.82. The van der Waals surface area contributed by atoms with Gasteiger partial charge in [-0.2, -0.15) is 0 Å². The van der Waals surface area contributed by atoms with E-state index < -0.39 is 0 Å². The summed E-state index contributed by atoms with van der Waals surface area (Å²) in [7, 11) is 0. The third kappa shape index (κ3) is 3.97. The molecular weight excluding hydrogens is 334 g/mol. The van der Waals surface area contributed by atoms with Crippen molar-refractivity contribution in [2.45, 2.75) is 26.1 Å². The number of fused-ring (bicyclic) bond motifs is 2. The summed E-state index contributed by atoms with van der Waals surface area (Å²) in [5.74, 6) is 0. The van der Waals surface area contributed by atoms with Crippen LogP contribution in [0.4, 0.5) is 0 Å². The molecule has 0 amide bonds. The minimum Gasteiger partial charge on any atom is -0.395 e. The van der Waals surface area contributed by atoms with E-state index in [4.69, 9.17) is 9.97 Å². The molecule has 1 N–H and O–H groups in total. The highest BCUT2D eigenvalue weighted by atomic mass is 16.3. The normalized spacial score (nSPS) is 12.7. The summed E-state index contributed by atoms with van der Waals surface area (Å²) in [6, 6.07) is 24.6. The molecule has 0 saturated carbocycles. The van der Waals surface area contributed by atoms with E-state index in [9.17, 15) is 5.11 Å². The summed E-state index contributed by atoms with van der Waals surface area (Å²) in [6.07, 6.45) is 0. The number of aliphatic hydroxyl groups excluding tert-OH is 1. The smallest absolute Gasteiger partial charge is 0.0705 e. The van der Waals surface area contributed by atoms with Crippen molar-refractivity contribution in [3.05, 3.63) is 84.2 Å². The van der Waals surface area contributed by atoms with E-state index in [1.54, 1.807) is 0 Å². The maximum atomic E-state index is 9.72. The second-order valence-electron chi connectivity index (χ2n) is 6.93. The third-order valence-corrected chi connectivity index (χ3v) is 4.93. The van der Waals surface area contributed by atoms with Gasteiger partial charge >= 0.3 is 0 Å². The number of rotatable bonds is 6. The third-order valence-electron chi connectivity index (χ3n) is 4.93. The van der Waals surface area contributed by atoms with Gasteiger partial charge < -0.3 is 5.11 Å². The van der Waals surface area contributed by atoms with Gasteiger partial charge in [0.25, 0.3) is 0 Å². The Bertz CT molecular complexity index is 982. The molecule has 136 valence electrons. The molecule has 1 atom stereocenters. The minimum atomic E-state index is 0.0199. The number of benzene rings is 2. The molecule has 0 spiro atoms. The predicted molar refractivity (Wildman–Crippen MR) is 109 cm³/mol. The van der Waals surface area contributed by atoms with Crippen molar-refractivity contribution in [3.63, 3.8) is 0 Å². The van der Waals surface area contributed by atoms with Crippen LogP contribution in [0, 0.1) is 0 Å². The number of nitrogens with zero attached hydrogens (tertiary/aromatic N) is 3. The second kappa shape index (κ2) is 7.82. The SMILES string of the molecule is C[C@@H](CO)N(Cc1ccc2ccccc2n1)Cc1ccc2ccccc2n1. The zero-order valence-electron chi connectivity index (χ0n) is 15.4. The number of pyridine rings is 2. The summed E-state index contributed by atoms with van der Waals surface area (Å²) < 4.78 is 0. The fourth-order valence-electron chi connectivity index (χ4n) is 3.29. The van der Waals surface area contributed by atoms with Crippen molar-refractivity contribution in [2.24, 2.45) is 0 Å². The van der Waals surface area contributed by atoms with Gasteiger partial charge in [-0.1, -0.05) is 48.5 Å². The first kappa shape index (κ1) is 17.6. The minimum absolute atomic E-state index is 0.0199. The molecule has 0 aliphatic heterocycles. The van der Waals surface area contributed by atoms with Gasteiger partial charge in [0, 0.05) is 29.9 Å². The molecule has 2 aromatic carbocycles. The number of hydrogen-bond acceptors (Lipinski definition) is 4. The van der Waals surface area contributed by atoms with Gasteiger partial charge in [-0.25, -0.2) is 0 Å². The van der Waals surface area contributed by atoms with Crippen molar-refractivity contribution in [1.82, 2.24) is 14.9 Å². The van der Waals surface area contributed by atoms with E-state index in [1.807, 2.05) is 43.3 Å². The summed E-state index contributed by atoms with van der Waals surface area (Å²) in [4.78, 5) is 11.8. The molecule has 27 heavy (non-hydrogen) atoms. The highest BCUT2D eigenvalue weighted by molar-refractivity contribution is 5.79. The van der Waals surface area contributed by atoms with Crippen molar-refractivity contribution < 1.29 is 5.11 Å². The lowest BCUT2D eigenvalue weighted by molar-refractivity contribution is 0.119. The van der Waals surface area contributed by atoms with Crippen LogP contribution in [0.5, 0.6) is 0 Å². The Labute approximate surface area is 159 Å². The van der Waals surface area contributed by atoms with Crippen LogP contribution < -0.4 is 0 Å². The highest BCUT2D eigenvalue weighted by Crippen LogP contribution is 2.17. The van der Waals surface area contributed by atoms with Crippen LogP contribution in [0.3, 0.4) is 0 Å². The van der Waals surface area contributed by atoms with Crippen molar-refractivity contribution in [1.29, 1.82) is 0 Å². The molecule has 0 radical (unpaired) electrons. The lowest BCUT2D eigenvalue weighted by atomic mass is 10.1. The monoisotopic (exact) mass is 357 g/mol. The summed E-state index contributed by atoms with van der Waals surface area (Å²) in [5, 5.41) is 12.0. The van der Waals surface area contributed by atoms with Crippen LogP contribution in [0.25, 0.3) is 21.8 Å². The van der Waals surface area contributed by atoms with Gasteiger partial charge in [0.2, 0.25) is 0 Å². The fraction of sp³-hybridized carbons (Fsp3) is 0.217. The maximum absolute atomic E-state index is 9.72. The number of hydrogen-bond donors (Lipinski definition) is 1. The first-order valence-electron chi connectivity index (χ1n) is 9.27. The molecule has 4 aromatic rings. The Balaban J connectivity index is 1.59. The van der Waals surface area contributed by atoms with E-state index in [1.165, 1.54) is 0 Å². The molecule has 4 rings (SSSR count). The van der Waals surface area contributed by atoms with Crippen LogP contribution in [0.2, 0.25) is 0 Å². The second-order valence-corrected chi connectivity index (χ2v) is 6.93. The molecule has 0 unspecified atom stereocenters. The van der Waals surface area contributed by atoms with Crippen LogP contribution in [0.15, 0.2) is 72.8 Å². The van der Waals surface area contributed by atoms with E-state index in [-0.39, 0.29) is 12.6 Å². The lowest BCUT2D eigenvalue weighted by Crippen LogP contribution is -2.35. The molecule has 0 aliphatic rings. The molecule has 2 aromatic heterocycles. The lowest BCUT2D eigenvalue weighted by Gasteiger charge is -2.27. The number of aliphatic hydroxyl groups is 1. The fourth-order valence-corrected chi connectivity index (χ4v) is 3.29. The Morgan fingerprint density at radius 3 is 1.70 bits per heavy atom. The van der Waals surface area contributed by atoms with Crippen LogP contribution >= 0.6 is 0 Å². The van der Waals surface area contributed by atoms with Gasteiger partial charge in [0.15, 0.2) is 0 Å². The van der Waals surface area contributed by atoms with E-state index in [0.717, 1.165) is 33.2 Å². The van der Waals surface area contributed by atoms with Crippen molar-refractivity contribution >= 4 is 21.8 Å². The first-order valence-corrected chi connectivity index (χ1v) is 9.27. The Morgan fingerprint density at radius 2 is 1.22 bits per heavy atom. The van der Waals surface area contributed by atoms with Crippen molar-refractivity contribution in [2.75, 3.05) is 6.61 Å². The Morgan fingerprint density at radius 1 is 0.741 bits per heavy atom. The number of para-hydroxylation sites is 2. The van der Waals surface area contributed by atoms with E-state index >= 15 is 0 Å². The summed E-state index contributed by atoms with van der Waals surface area (Å²) in [5.41, 5.74) is 3.98. The molecule has 0 saturated heterocycles. The summed E-state index contributed by atoms with van der Waals surface area (Å²) in [6.45, 7) is 3.46. The van der Waals surface area contributed by atoms with E-state index in [2.05, 4.69) is 41.3 Å². The standard InChI is InChI=1S/C23H23N3O/c1-17(16-27)26(14-20-12-10-18-6-2-4-8-22(18)24-20)15-21-13-11-19-7-3-5-9-23(19)25-21/h2-13,17,27H,14-16H2,1H3/t17-/m0/s1. The first-order chi connectivity index (χ1) is 13.2. The molecule has 2 heterocycles. The highest BCUT2D eigenvalue weighted by Gasteiger charge is 2.16. The molecule has 0 aliphatic carbocycles. The molecule has 4 nitrogen and oxygen atoms in total. The summed E-state index contributed by atoms with van der Waals surface area (Å²) >= 11 is 0. The number of aromatic nitrogens is 2. The average Bonchev–Trinajstić information content (AvgIpc) is 2.72. The molecular formula is C23H23N3O. The van der Waals surface area contributed by atoms with Crippen molar-refractivity contribution in [3.8, 4) is 0 Å². The van der Waals surface area contributed by atoms with Crippen LogP contribution in [-0.4, -0.2) is 32.6 Å². The quantitative estimate of drug-likeness (QED) is 0.563. The molecule has 0 fully saturated rings. The largest absolute Gasteiger partial charge is 0.395 e. The van der Waals surface area contributed by atoms with Crippen LogP contribution in [0.1, 0.15) is 18.3 Å². The van der Waals surface area contributed by atoms with Crippen LogP contribution in [-0.2, 0) is 13.1 Å². The molecule has 4 heteroatoms. The van der Waals surface area contributed by atoms with Gasteiger partial charge in [0.1, 0.15) is 0 Å².